The molecule has 0 aliphatic carbocycles. The smallest absolute Gasteiger partial charge is 0.327 e. The number of anilines is 1. The first-order chi connectivity index (χ1) is 9.61. The summed E-state index contributed by atoms with van der Waals surface area (Å²) in [5, 5.41) is 3.18. The van der Waals surface area contributed by atoms with Crippen LogP contribution in [0.4, 0.5) is 5.82 Å². The third-order valence-corrected chi connectivity index (χ3v) is 2.66. The first-order valence-electron chi connectivity index (χ1n) is 5.75. The number of para-hydroxylation sites is 1. The number of aromatic amines is 2. The first-order valence-corrected chi connectivity index (χ1v) is 5.75. The molecule has 0 atom stereocenters. The van der Waals surface area contributed by atoms with E-state index in [2.05, 4.69) is 10.3 Å². The maximum Gasteiger partial charge on any atom is 0.327 e. The molecule has 0 fully saturated rings. The highest BCUT2D eigenvalue weighted by Gasteiger charge is 2.12. The number of benzene rings is 1. The number of H-pyrrole nitrogens is 2. The quantitative estimate of drug-likeness (QED) is 0.647. The standard InChI is InChI=1S/C13H9N3O4/c17-11-6-10(15-13(19)16-11)14-12(18)9-5-7-3-1-2-4-8(7)20-9/h1-6H,(H3,14,15,16,17,18,19). The number of amides is 1. The van der Waals surface area contributed by atoms with Crippen LogP contribution in [0.25, 0.3) is 11.0 Å². The lowest BCUT2D eigenvalue weighted by molar-refractivity contribution is 0.0998. The molecule has 1 aromatic carbocycles. The molecule has 20 heavy (non-hydrogen) atoms. The lowest BCUT2D eigenvalue weighted by atomic mass is 10.2. The van der Waals surface area contributed by atoms with E-state index >= 15 is 0 Å². The van der Waals surface area contributed by atoms with Gasteiger partial charge < -0.3 is 9.73 Å². The summed E-state index contributed by atoms with van der Waals surface area (Å²) in [6.07, 6.45) is 0. The van der Waals surface area contributed by atoms with Crippen molar-refractivity contribution in [1.29, 1.82) is 0 Å². The lowest BCUT2D eigenvalue weighted by Crippen LogP contribution is -2.24. The van der Waals surface area contributed by atoms with Gasteiger partial charge in [0.25, 0.3) is 11.5 Å². The van der Waals surface area contributed by atoms with Crippen molar-refractivity contribution in [3.8, 4) is 0 Å². The normalized spacial score (nSPS) is 10.6. The molecule has 0 radical (unpaired) electrons. The van der Waals surface area contributed by atoms with Gasteiger partial charge in [0.05, 0.1) is 0 Å². The summed E-state index contributed by atoms with van der Waals surface area (Å²) in [7, 11) is 0. The highest BCUT2D eigenvalue weighted by molar-refractivity contribution is 6.04. The van der Waals surface area contributed by atoms with Crippen LogP contribution in [0.2, 0.25) is 0 Å². The molecule has 7 nitrogen and oxygen atoms in total. The molecular formula is C13H9N3O4. The van der Waals surface area contributed by atoms with Crippen molar-refractivity contribution in [2.45, 2.75) is 0 Å². The molecule has 7 heteroatoms. The van der Waals surface area contributed by atoms with Gasteiger partial charge in [0.2, 0.25) is 0 Å². The summed E-state index contributed by atoms with van der Waals surface area (Å²) in [6.45, 7) is 0. The van der Waals surface area contributed by atoms with Crippen LogP contribution in [0, 0.1) is 0 Å². The number of nitrogens with one attached hydrogen (secondary N) is 3. The zero-order valence-corrected chi connectivity index (χ0v) is 10.1. The van der Waals surface area contributed by atoms with E-state index in [1.165, 1.54) is 0 Å². The van der Waals surface area contributed by atoms with Crippen molar-refractivity contribution >= 4 is 22.7 Å². The third-order valence-electron chi connectivity index (χ3n) is 2.66. The molecule has 3 rings (SSSR count). The van der Waals surface area contributed by atoms with Crippen molar-refractivity contribution < 1.29 is 9.21 Å². The molecule has 0 saturated heterocycles. The fourth-order valence-electron chi connectivity index (χ4n) is 1.81. The summed E-state index contributed by atoms with van der Waals surface area (Å²) >= 11 is 0. The molecule has 3 aromatic rings. The number of aromatic nitrogens is 2. The summed E-state index contributed by atoms with van der Waals surface area (Å²) < 4.78 is 5.37. The Balaban J connectivity index is 1.92. The van der Waals surface area contributed by atoms with Gasteiger partial charge in [-0.2, -0.15) is 0 Å². The fraction of sp³-hybridized carbons (Fsp3) is 0. The van der Waals surface area contributed by atoms with Crippen LogP contribution in [0.15, 0.2) is 50.4 Å². The van der Waals surface area contributed by atoms with Gasteiger partial charge in [-0.3, -0.25) is 19.6 Å². The molecule has 3 N–H and O–H groups in total. The van der Waals surface area contributed by atoms with Crippen molar-refractivity contribution in [3.63, 3.8) is 0 Å². The van der Waals surface area contributed by atoms with Crippen LogP contribution in [0.5, 0.6) is 0 Å². The number of carbonyl (C=O) groups is 1. The molecule has 0 spiro atoms. The molecule has 100 valence electrons. The van der Waals surface area contributed by atoms with Crippen LogP contribution in [-0.2, 0) is 0 Å². The summed E-state index contributed by atoms with van der Waals surface area (Å²) in [5.74, 6) is -0.459. The van der Waals surface area contributed by atoms with E-state index in [1.807, 2.05) is 17.1 Å². The minimum atomic E-state index is -0.697. The Morgan fingerprint density at radius 1 is 1.10 bits per heavy atom. The maximum absolute atomic E-state index is 12.0. The summed E-state index contributed by atoms with van der Waals surface area (Å²) in [4.78, 5) is 38.5. The molecule has 0 saturated carbocycles. The Bertz CT molecular complexity index is 842. The van der Waals surface area contributed by atoms with Crippen LogP contribution >= 0.6 is 0 Å². The predicted molar refractivity (Wildman–Crippen MR) is 71.9 cm³/mol. The number of hydrogen-bond donors (Lipinski definition) is 3. The number of furan rings is 1. The second-order valence-corrected chi connectivity index (χ2v) is 4.10. The van der Waals surface area contributed by atoms with Gasteiger partial charge in [0.1, 0.15) is 11.4 Å². The van der Waals surface area contributed by atoms with Gasteiger partial charge in [-0.25, -0.2) is 4.79 Å². The van der Waals surface area contributed by atoms with Crippen molar-refractivity contribution in [1.82, 2.24) is 9.97 Å². The monoisotopic (exact) mass is 271 g/mol. The Morgan fingerprint density at radius 3 is 2.65 bits per heavy atom. The largest absolute Gasteiger partial charge is 0.451 e. The van der Waals surface area contributed by atoms with Gasteiger partial charge in [0.15, 0.2) is 5.76 Å². The Morgan fingerprint density at radius 2 is 1.90 bits per heavy atom. The highest BCUT2D eigenvalue weighted by atomic mass is 16.3. The molecule has 1 amide bonds. The van der Waals surface area contributed by atoms with E-state index in [0.29, 0.717) is 5.58 Å². The minimum Gasteiger partial charge on any atom is -0.451 e. The minimum absolute atomic E-state index is 0.00389. The summed E-state index contributed by atoms with van der Waals surface area (Å²) in [5.41, 5.74) is -0.719. The maximum atomic E-state index is 12.0. The van der Waals surface area contributed by atoms with Gasteiger partial charge in [-0.15, -0.1) is 0 Å². The van der Waals surface area contributed by atoms with Crippen LogP contribution in [-0.4, -0.2) is 15.9 Å². The van der Waals surface area contributed by atoms with Crippen LogP contribution < -0.4 is 16.6 Å². The molecule has 0 aliphatic rings. The average molecular weight is 271 g/mol. The van der Waals surface area contributed by atoms with Gasteiger partial charge >= 0.3 is 5.69 Å². The number of rotatable bonds is 2. The van der Waals surface area contributed by atoms with E-state index in [0.717, 1.165) is 11.5 Å². The van der Waals surface area contributed by atoms with E-state index < -0.39 is 17.2 Å². The number of carbonyl (C=O) groups excluding carboxylic acids is 1. The van der Waals surface area contributed by atoms with Gasteiger partial charge in [-0.05, 0) is 12.1 Å². The molecule has 2 aromatic heterocycles. The molecule has 0 unspecified atom stereocenters. The van der Waals surface area contributed by atoms with E-state index in [1.54, 1.807) is 18.2 Å². The zero-order valence-electron chi connectivity index (χ0n) is 10.1. The molecule has 0 bridgehead atoms. The third kappa shape index (κ3) is 2.24. The summed E-state index contributed by atoms with van der Waals surface area (Å²) in [6, 6.07) is 9.82. The van der Waals surface area contributed by atoms with E-state index in [4.69, 9.17) is 4.42 Å². The molecule has 0 aliphatic heterocycles. The van der Waals surface area contributed by atoms with Crippen LogP contribution in [0.1, 0.15) is 10.6 Å². The van der Waals surface area contributed by atoms with E-state index in [-0.39, 0.29) is 11.6 Å². The Hall–Kier alpha value is -3.09. The second-order valence-electron chi connectivity index (χ2n) is 4.10. The van der Waals surface area contributed by atoms with Crippen molar-refractivity contribution in [2.75, 3.05) is 5.32 Å². The van der Waals surface area contributed by atoms with E-state index in [9.17, 15) is 14.4 Å². The predicted octanol–water partition coefficient (Wildman–Crippen LogP) is 1.06. The number of hydrogen-bond acceptors (Lipinski definition) is 4. The lowest BCUT2D eigenvalue weighted by Gasteiger charge is -2.00. The SMILES string of the molecule is O=C(Nc1cc(=O)[nH]c(=O)[nH]1)c1cc2ccccc2o1. The van der Waals surface area contributed by atoms with Gasteiger partial charge in [0, 0.05) is 11.5 Å². The highest BCUT2D eigenvalue weighted by Crippen LogP contribution is 2.19. The topological polar surface area (TPSA) is 108 Å². The zero-order chi connectivity index (χ0) is 14.1. The second kappa shape index (κ2) is 4.54. The molecular weight excluding hydrogens is 262 g/mol. The Kier molecular flexibility index (Phi) is 2.72. The van der Waals surface area contributed by atoms with Gasteiger partial charge in [-0.1, -0.05) is 18.2 Å². The van der Waals surface area contributed by atoms with Crippen LogP contribution in [0.3, 0.4) is 0 Å². The Labute approximate surface area is 111 Å². The number of fused-ring (bicyclic) bond motifs is 1. The molecule has 2 heterocycles. The van der Waals surface area contributed by atoms with Crippen molar-refractivity contribution in [2.24, 2.45) is 0 Å². The fourth-order valence-corrected chi connectivity index (χ4v) is 1.81. The van der Waals surface area contributed by atoms with Crippen molar-refractivity contribution in [3.05, 3.63) is 63.0 Å². The average Bonchev–Trinajstić information content (AvgIpc) is 2.81. The first kappa shape index (κ1) is 12.0.